The maximum absolute atomic E-state index is 15.1. The fraction of sp³-hybridized carbons (Fsp3) is 0.810. The van der Waals surface area contributed by atoms with Crippen molar-refractivity contribution in [3.8, 4) is 0 Å². The summed E-state index contributed by atoms with van der Waals surface area (Å²) in [7, 11) is 1.09. The number of Topliss-reactive ketones (excluding diaryl/α,β-unsaturated/α-hetero) is 1. The van der Waals surface area contributed by atoms with Gasteiger partial charge in [-0.2, -0.15) is 0 Å². The van der Waals surface area contributed by atoms with Gasteiger partial charge in [0.1, 0.15) is 35.1 Å². The lowest BCUT2D eigenvalue weighted by atomic mass is 9.44. The summed E-state index contributed by atoms with van der Waals surface area (Å²) in [5.74, 6) is -5.66. The van der Waals surface area contributed by atoms with Gasteiger partial charge in [-0.25, -0.2) is 14.4 Å². The first-order chi connectivity index (χ1) is 27.1. The standard InChI is InChI=1S/C42H61NO16/c1-20-24-25(45)29(46)40(10)22(44)17-23-41(19-54-23,59-35(51)53-11)27(40)30(56-31(47)21-15-13-12-14-16-21)42(52,38(24,7)8)18-39(20,9)57-32(48)26-28(37(5,6)33(49)55-26)43-34(50)58-36(2,3)4/h21-23,25-28,30,44-45,52H,12-19H2,1-11H3,(H,43,50)/t22?,23-,25-,26?,27?,28-,30+,39+,40-,41+,42-/m1/s1. The van der Waals surface area contributed by atoms with Crippen LogP contribution in [-0.4, -0.2) is 124 Å². The van der Waals surface area contributed by atoms with Gasteiger partial charge in [0.25, 0.3) is 0 Å². The van der Waals surface area contributed by atoms with Crippen molar-refractivity contribution in [2.75, 3.05) is 13.7 Å². The first-order valence-corrected chi connectivity index (χ1v) is 20.5. The molecule has 330 valence electrons. The van der Waals surface area contributed by atoms with E-state index >= 15 is 4.79 Å². The van der Waals surface area contributed by atoms with Crippen molar-refractivity contribution in [2.24, 2.45) is 28.1 Å². The molecule has 2 saturated heterocycles. The fourth-order valence-corrected chi connectivity index (χ4v) is 10.7. The van der Waals surface area contributed by atoms with E-state index in [1.807, 2.05) is 0 Å². The molecule has 5 fully saturated rings. The third kappa shape index (κ3) is 6.91. The zero-order chi connectivity index (χ0) is 44.1. The number of alkyl carbamates (subject to hydrolysis) is 1. The second-order valence-corrected chi connectivity index (χ2v) is 19.9. The van der Waals surface area contributed by atoms with Gasteiger partial charge in [-0.05, 0) is 79.4 Å². The zero-order valence-corrected chi connectivity index (χ0v) is 35.9. The van der Waals surface area contributed by atoms with Crippen molar-refractivity contribution in [1.82, 2.24) is 5.32 Å². The summed E-state index contributed by atoms with van der Waals surface area (Å²) >= 11 is 0. The summed E-state index contributed by atoms with van der Waals surface area (Å²) in [5, 5.41) is 40.5. The van der Waals surface area contributed by atoms with Crippen LogP contribution in [0.4, 0.5) is 9.59 Å². The molecule has 4 N–H and O–H groups in total. The molecular weight excluding hydrogens is 774 g/mol. The molecule has 3 unspecified atom stereocenters. The third-order valence-electron chi connectivity index (χ3n) is 14.4. The van der Waals surface area contributed by atoms with Crippen LogP contribution in [0.5, 0.6) is 0 Å². The van der Waals surface area contributed by atoms with Gasteiger partial charge in [-0.1, -0.05) is 33.1 Å². The Morgan fingerprint density at radius 1 is 0.915 bits per heavy atom. The number of methoxy groups -OCH3 is 1. The number of cyclic esters (lactones) is 1. The molecule has 0 spiro atoms. The number of hydrogen-bond acceptors (Lipinski definition) is 16. The largest absolute Gasteiger partial charge is 0.508 e. The van der Waals surface area contributed by atoms with E-state index in [1.54, 1.807) is 34.6 Å². The minimum Gasteiger partial charge on any atom is -0.459 e. The number of aliphatic hydroxyl groups is 3. The van der Waals surface area contributed by atoms with E-state index in [0.29, 0.717) is 12.8 Å². The Bertz CT molecular complexity index is 1810. The number of carbonyl (C=O) groups excluding carboxylic acids is 6. The number of amides is 1. The molecule has 2 bridgehead atoms. The van der Waals surface area contributed by atoms with Gasteiger partial charge in [0, 0.05) is 18.3 Å². The average molecular weight is 836 g/mol. The maximum atomic E-state index is 15.1. The molecule has 6 aliphatic rings. The lowest BCUT2D eigenvalue weighted by molar-refractivity contribution is -0.347. The molecule has 17 nitrogen and oxygen atoms in total. The Morgan fingerprint density at radius 2 is 1.54 bits per heavy atom. The predicted molar refractivity (Wildman–Crippen MR) is 203 cm³/mol. The van der Waals surface area contributed by atoms with E-state index in [9.17, 15) is 39.3 Å². The van der Waals surface area contributed by atoms with E-state index in [-0.39, 0.29) is 24.2 Å². The van der Waals surface area contributed by atoms with Crippen LogP contribution in [-0.2, 0) is 52.3 Å². The Balaban J connectivity index is 1.51. The molecule has 3 saturated carbocycles. The number of hydrogen-bond donors (Lipinski definition) is 4. The summed E-state index contributed by atoms with van der Waals surface area (Å²) in [4.78, 5) is 83.1. The van der Waals surface area contributed by atoms with Crippen LogP contribution in [0.1, 0.15) is 114 Å². The first kappa shape index (κ1) is 44.7. The monoisotopic (exact) mass is 835 g/mol. The molecule has 0 radical (unpaired) electrons. The van der Waals surface area contributed by atoms with Gasteiger partial charge in [-0.3, -0.25) is 14.4 Å². The Kier molecular flexibility index (Phi) is 11.1. The highest BCUT2D eigenvalue weighted by atomic mass is 16.8. The number of carbonyl (C=O) groups is 6. The minimum atomic E-state index is -2.36. The van der Waals surface area contributed by atoms with Crippen LogP contribution >= 0.6 is 0 Å². The number of ether oxygens (including phenoxy) is 7. The smallest absolute Gasteiger partial charge is 0.459 e. The van der Waals surface area contributed by atoms with Crippen LogP contribution in [0.2, 0.25) is 0 Å². The summed E-state index contributed by atoms with van der Waals surface area (Å²) in [5.41, 5.74) is -12.0. The molecule has 4 aliphatic carbocycles. The fourth-order valence-electron chi connectivity index (χ4n) is 10.7. The summed E-state index contributed by atoms with van der Waals surface area (Å²) < 4.78 is 40.4. The number of aliphatic hydroxyl groups excluding tert-OH is 2. The highest BCUT2D eigenvalue weighted by Gasteiger charge is 2.79. The molecular formula is C42H61NO16. The average Bonchev–Trinajstić information content (AvgIpc) is 3.36. The van der Waals surface area contributed by atoms with Gasteiger partial charge in [0.05, 0.1) is 48.5 Å². The van der Waals surface area contributed by atoms with Crippen LogP contribution < -0.4 is 5.32 Å². The molecule has 0 aromatic rings. The highest BCUT2D eigenvalue weighted by molar-refractivity contribution is 5.94. The van der Waals surface area contributed by atoms with E-state index in [1.165, 1.54) is 34.6 Å². The highest BCUT2D eigenvalue weighted by Crippen LogP contribution is 2.65. The van der Waals surface area contributed by atoms with Crippen molar-refractivity contribution in [3.63, 3.8) is 0 Å². The normalized spacial score (nSPS) is 40.1. The number of esters is 3. The van der Waals surface area contributed by atoms with Gasteiger partial charge in [-0.15, -0.1) is 0 Å². The molecule has 0 aromatic carbocycles. The van der Waals surface area contributed by atoms with Gasteiger partial charge >= 0.3 is 30.2 Å². The minimum absolute atomic E-state index is 0.0563. The Labute approximate surface area is 344 Å². The molecule has 59 heavy (non-hydrogen) atoms. The summed E-state index contributed by atoms with van der Waals surface area (Å²) in [6.07, 6.45) is -7.51. The lowest BCUT2D eigenvalue weighted by Crippen LogP contribution is -2.82. The van der Waals surface area contributed by atoms with Crippen molar-refractivity contribution < 1.29 is 77.2 Å². The van der Waals surface area contributed by atoms with Crippen molar-refractivity contribution >= 4 is 35.9 Å². The third-order valence-corrected chi connectivity index (χ3v) is 14.4. The van der Waals surface area contributed by atoms with Gasteiger partial charge in [0.2, 0.25) is 6.10 Å². The van der Waals surface area contributed by atoms with Crippen LogP contribution in [0.15, 0.2) is 11.1 Å². The van der Waals surface area contributed by atoms with Gasteiger partial charge < -0.3 is 53.8 Å². The summed E-state index contributed by atoms with van der Waals surface area (Å²) in [6.45, 7) is 15.1. The molecule has 11 atom stereocenters. The molecule has 2 aliphatic heterocycles. The SMILES string of the molecule is COC(=O)O[C@@]12CO[C@@H]1CC(O)[C@@]1(C)C(=O)[C@H](O)C3=C(C)[C@@](C)(OC(=O)C4OC(=O)C(C)(C)[C@@H]4NC(=O)OC(C)(C)C)C[C@@](O)([C@@H](OC(=O)C4CCCCC4)C12)C3(C)C. The zero-order valence-electron chi connectivity index (χ0n) is 35.9. The van der Waals surface area contributed by atoms with Crippen molar-refractivity contribution in [1.29, 1.82) is 0 Å². The Morgan fingerprint density at radius 3 is 2.10 bits per heavy atom. The first-order valence-electron chi connectivity index (χ1n) is 20.5. The van der Waals surface area contributed by atoms with E-state index in [4.69, 9.17) is 33.2 Å². The molecule has 6 rings (SSSR count). The molecule has 17 heteroatoms. The van der Waals surface area contributed by atoms with Gasteiger partial charge in [0.15, 0.2) is 11.4 Å². The summed E-state index contributed by atoms with van der Waals surface area (Å²) in [6, 6.07) is -1.28. The van der Waals surface area contributed by atoms with E-state index in [0.717, 1.165) is 26.4 Å². The van der Waals surface area contributed by atoms with Crippen LogP contribution in [0.3, 0.4) is 0 Å². The van der Waals surface area contributed by atoms with E-state index < -0.39 is 129 Å². The van der Waals surface area contributed by atoms with Crippen molar-refractivity contribution in [3.05, 3.63) is 11.1 Å². The molecule has 2 heterocycles. The van der Waals surface area contributed by atoms with Crippen LogP contribution in [0.25, 0.3) is 0 Å². The quantitative estimate of drug-likeness (QED) is 0.170. The lowest BCUT2D eigenvalue weighted by Gasteiger charge is -2.67. The topological polar surface area (TPSA) is 240 Å². The number of rotatable bonds is 6. The molecule has 0 aromatic heterocycles. The number of ketones is 1. The second-order valence-electron chi connectivity index (χ2n) is 19.9. The number of nitrogens with one attached hydrogen (secondary N) is 1. The van der Waals surface area contributed by atoms with Crippen LogP contribution in [0, 0.1) is 28.1 Å². The Hall–Kier alpha value is -3.80. The maximum Gasteiger partial charge on any atom is 0.508 e. The second kappa shape index (κ2) is 14.7. The van der Waals surface area contributed by atoms with Crippen molar-refractivity contribution in [2.45, 2.75) is 173 Å². The predicted octanol–water partition coefficient (Wildman–Crippen LogP) is 3.35. The van der Waals surface area contributed by atoms with E-state index in [2.05, 4.69) is 5.32 Å². The molecule has 1 amide bonds. The number of fused-ring (bicyclic) bond motifs is 5.